The summed E-state index contributed by atoms with van der Waals surface area (Å²) in [6.45, 7) is 4.55. The second-order valence-electron chi connectivity index (χ2n) is 10.7. The lowest BCUT2D eigenvalue weighted by atomic mass is 9.48. The molecule has 0 saturated heterocycles. The normalized spacial score (nSPS) is 33.9. The zero-order valence-corrected chi connectivity index (χ0v) is 19.1. The molecule has 4 fully saturated rings. The number of aryl methyl sites for hydroxylation is 1. The van der Waals surface area contributed by atoms with Gasteiger partial charge < -0.3 is 0 Å². The molecule has 0 nitrogen and oxygen atoms in total. The van der Waals surface area contributed by atoms with Crippen LogP contribution in [-0.2, 0) is 6.42 Å². The summed E-state index contributed by atoms with van der Waals surface area (Å²) in [5.41, 5.74) is 3.65. The molecule has 0 spiro atoms. The molecule has 158 valence electrons. The molecule has 0 aromatic heterocycles. The summed E-state index contributed by atoms with van der Waals surface area (Å²) in [7, 11) is 0. The van der Waals surface area contributed by atoms with Crippen LogP contribution in [0.25, 0.3) is 0 Å². The Bertz CT molecular complexity index is 680. The number of unbranched alkanes of at least 4 members (excludes halogenated alkanes) is 2. The first-order valence-electron chi connectivity index (χ1n) is 12.8. The standard InChI is InChI=1S/C29H42/c1-3-5-6-7-25-12-14-27(15-13-25)29-21-18-28(19-22-29,20-23-29)17-16-26-10-8-24(4-2)9-11-26/h8-11,25,27H,3-7,12-15,18-23H2,1-2H3. The molecule has 0 heteroatoms. The van der Waals surface area contributed by atoms with Crippen molar-refractivity contribution in [2.45, 2.75) is 110 Å². The molecule has 0 aliphatic heterocycles. The highest BCUT2D eigenvalue weighted by molar-refractivity contribution is 5.38. The fourth-order valence-electron chi connectivity index (χ4n) is 6.79. The second-order valence-corrected chi connectivity index (χ2v) is 10.7. The lowest BCUT2D eigenvalue weighted by molar-refractivity contribution is -0.0379. The predicted molar refractivity (Wildman–Crippen MR) is 125 cm³/mol. The van der Waals surface area contributed by atoms with Crippen LogP contribution in [-0.4, -0.2) is 0 Å². The maximum Gasteiger partial charge on any atom is 0.0319 e. The molecule has 5 rings (SSSR count). The summed E-state index contributed by atoms with van der Waals surface area (Å²) in [4.78, 5) is 0. The van der Waals surface area contributed by atoms with E-state index in [1.807, 2.05) is 0 Å². The van der Waals surface area contributed by atoms with Crippen LogP contribution in [0, 0.1) is 34.5 Å². The third kappa shape index (κ3) is 4.76. The van der Waals surface area contributed by atoms with Crippen LogP contribution >= 0.6 is 0 Å². The molecule has 2 bridgehead atoms. The van der Waals surface area contributed by atoms with Crippen LogP contribution in [0.2, 0.25) is 0 Å². The van der Waals surface area contributed by atoms with Gasteiger partial charge in [-0.05, 0) is 92.7 Å². The fourth-order valence-corrected chi connectivity index (χ4v) is 6.79. The molecule has 4 saturated carbocycles. The van der Waals surface area contributed by atoms with Gasteiger partial charge in [0.1, 0.15) is 0 Å². The Kier molecular flexibility index (Phi) is 6.73. The summed E-state index contributed by atoms with van der Waals surface area (Å²) >= 11 is 0. The summed E-state index contributed by atoms with van der Waals surface area (Å²) in [6.07, 6.45) is 21.5. The predicted octanol–water partition coefficient (Wildman–Crippen LogP) is 8.33. The van der Waals surface area contributed by atoms with Crippen molar-refractivity contribution in [3.05, 3.63) is 35.4 Å². The highest BCUT2D eigenvalue weighted by atomic mass is 14.6. The van der Waals surface area contributed by atoms with E-state index >= 15 is 0 Å². The number of hydrogen-bond donors (Lipinski definition) is 0. The minimum Gasteiger partial charge on any atom is -0.0911 e. The topological polar surface area (TPSA) is 0 Å². The van der Waals surface area contributed by atoms with Gasteiger partial charge in [0, 0.05) is 11.0 Å². The average molecular weight is 391 g/mol. The molecule has 4 aliphatic carbocycles. The summed E-state index contributed by atoms with van der Waals surface area (Å²) < 4.78 is 0. The lowest BCUT2D eigenvalue weighted by Crippen LogP contribution is -2.45. The lowest BCUT2D eigenvalue weighted by Gasteiger charge is -2.56. The second kappa shape index (κ2) is 9.29. The van der Waals surface area contributed by atoms with Crippen LogP contribution < -0.4 is 0 Å². The molecule has 0 unspecified atom stereocenters. The van der Waals surface area contributed by atoms with E-state index in [2.05, 4.69) is 50.0 Å². The van der Waals surface area contributed by atoms with Crippen molar-refractivity contribution < 1.29 is 0 Å². The Balaban J connectivity index is 1.31. The van der Waals surface area contributed by atoms with Crippen LogP contribution in [0.5, 0.6) is 0 Å². The Morgan fingerprint density at radius 1 is 0.828 bits per heavy atom. The van der Waals surface area contributed by atoms with Gasteiger partial charge in [-0.25, -0.2) is 0 Å². The summed E-state index contributed by atoms with van der Waals surface area (Å²) in [6, 6.07) is 8.93. The van der Waals surface area contributed by atoms with E-state index in [-0.39, 0.29) is 0 Å². The SMILES string of the molecule is CCCCCC1CCC(C23CCC(C#Cc4ccc(CC)cc4)(CC2)CC3)CC1. The van der Waals surface area contributed by atoms with Crippen LogP contribution in [0.15, 0.2) is 24.3 Å². The van der Waals surface area contributed by atoms with Gasteiger partial charge in [-0.2, -0.15) is 0 Å². The summed E-state index contributed by atoms with van der Waals surface area (Å²) in [5, 5.41) is 0. The van der Waals surface area contributed by atoms with Crippen molar-refractivity contribution in [3.63, 3.8) is 0 Å². The minimum absolute atomic E-state index is 0.336. The molecule has 0 N–H and O–H groups in total. The molecule has 0 radical (unpaired) electrons. The smallest absolute Gasteiger partial charge is 0.0319 e. The van der Waals surface area contributed by atoms with Crippen molar-refractivity contribution in [2.75, 3.05) is 0 Å². The molecular weight excluding hydrogens is 348 g/mol. The van der Waals surface area contributed by atoms with Gasteiger partial charge in [0.2, 0.25) is 0 Å². The van der Waals surface area contributed by atoms with Gasteiger partial charge in [-0.15, -0.1) is 0 Å². The van der Waals surface area contributed by atoms with E-state index in [1.165, 1.54) is 101 Å². The number of fused-ring (bicyclic) bond motifs is 3. The van der Waals surface area contributed by atoms with Gasteiger partial charge in [0.25, 0.3) is 0 Å². The molecule has 1 aromatic rings. The first-order valence-corrected chi connectivity index (χ1v) is 12.8. The van der Waals surface area contributed by atoms with Crippen molar-refractivity contribution in [1.82, 2.24) is 0 Å². The van der Waals surface area contributed by atoms with E-state index < -0.39 is 0 Å². The highest BCUT2D eigenvalue weighted by Crippen LogP contribution is 2.62. The Hall–Kier alpha value is -1.22. The van der Waals surface area contributed by atoms with E-state index in [1.54, 1.807) is 0 Å². The van der Waals surface area contributed by atoms with Crippen molar-refractivity contribution in [3.8, 4) is 11.8 Å². The third-order valence-corrected chi connectivity index (χ3v) is 9.07. The quantitative estimate of drug-likeness (QED) is 0.338. The van der Waals surface area contributed by atoms with Gasteiger partial charge in [-0.3, -0.25) is 0 Å². The number of rotatable bonds is 6. The molecule has 4 aliphatic rings. The maximum atomic E-state index is 3.78. The molecule has 0 atom stereocenters. The largest absolute Gasteiger partial charge is 0.0911 e. The van der Waals surface area contributed by atoms with Crippen LogP contribution in [0.1, 0.15) is 115 Å². The fraction of sp³-hybridized carbons (Fsp3) is 0.724. The van der Waals surface area contributed by atoms with Gasteiger partial charge >= 0.3 is 0 Å². The first kappa shape index (κ1) is 21.0. The average Bonchev–Trinajstić information content (AvgIpc) is 2.80. The summed E-state index contributed by atoms with van der Waals surface area (Å²) in [5.74, 6) is 9.41. The Labute approximate surface area is 180 Å². The van der Waals surface area contributed by atoms with Crippen molar-refractivity contribution in [2.24, 2.45) is 22.7 Å². The van der Waals surface area contributed by atoms with Crippen molar-refractivity contribution >= 4 is 0 Å². The first-order chi connectivity index (χ1) is 14.2. The van der Waals surface area contributed by atoms with Crippen LogP contribution in [0.3, 0.4) is 0 Å². The monoisotopic (exact) mass is 390 g/mol. The molecule has 0 amide bonds. The zero-order chi connectivity index (χ0) is 20.2. The van der Waals surface area contributed by atoms with E-state index in [9.17, 15) is 0 Å². The maximum absolute atomic E-state index is 3.78. The molecule has 29 heavy (non-hydrogen) atoms. The zero-order valence-electron chi connectivity index (χ0n) is 19.1. The third-order valence-electron chi connectivity index (χ3n) is 9.07. The van der Waals surface area contributed by atoms with Gasteiger partial charge in [-0.1, -0.05) is 76.3 Å². The van der Waals surface area contributed by atoms with Gasteiger partial charge in [0.05, 0.1) is 0 Å². The molecule has 0 heterocycles. The van der Waals surface area contributed by atoms with E-state index in [0.717, 1.165) is 18.3 Å². The molecule has 1 aromatic carbocycles. The van der Waals surface area contributed by atoms with Gasteiger partial charge in [0.15, 0.2) is 0 Å². The highest BCUT2D eigenvalue weighted by Gasteiger charge is 2.51. The molecular formula is C29H42. The van der Waals surface area contributed by atoms with Crippen molar-refractivity contribution in [1.29, 1.82) is 0 Å². The van der Waals surface area contributed by atoms with E-state index in [0.29, 0.717) is 10.8 Å². The Morgan fingerprint density at radius 3 is 2.07 bits per heavy atom. The van der Waals surface area contributed by atoms with E-state index in [4.69, 9.17) is 0 Å². The van der Waals surface area contributed by atoms with Crippen LogP contribution in [0.4, 0.5) is 0 Å². The minimum atomic E-state index is 0.336. The number of benzene rings is 1. The number of hydrogen-bond acceptors (Lipinski definition) is 0. The Morgan fingerprint density at radius 2 is 1.48 bits per heavy atom.